The fourth-order valence-electron chi connectivity index (χ4n) is 2.22. The molecule has 0 aliphatic heterocycles. The number of hydrogen-bond acceptors (Lipinski definition) is 3. The fourth-order valence-corrected chi connectivity index (χ4v) is 2.22. The molecule has 0 aliphatic carbocycles. The Morgan fingerprint density at radius 3 is 2.52 bits per heavy atom. The zero-order chi connectivity index (χ0) is 17.4. The van der Waals surface area contributed by atoms with Gasteiger partial charge in [-0.05, 0) is 24.3 Å². The highest BCUT2D eigenvalue weighted by molar-refractivity contribution is 6.08. The van der Waals surface area contributed by atoms with E-state index in [4.69, 9.17) is 0 Å². The average Bonchev–Trinajstić information content (AvgIpc) is 2.59. The third kappa shape index (κ3) is 6.52. The maximum absolute atomic E-state index is 12.3. The van der Waals surface area contributed by atoms with Crippen LogP contribution < -0.4 is 27.9 Å². The molecule has 2 rings (SSSR count). The summed E-state index contributed by atoms with van der Waals surface area (Å²) in [5.41, 5.74) is 1.38. The van der Waals surface area contributed by atoms with Gasteiger partial charge in [0.15, 0.2) is 0 Å². The van der Waals surface area contributed by atoms with Gasteiger partial charge in [-0.15, -0.1) is 0 Å². The smallest absolute Gasteiger partial charge is 0.257 e. The van der Waals surface area contributed by atoms with Crippen molar-refractivity contribution in [2.24, 2.45) is 0 Å². The molecule has 1 aromatic carbocycles. The van der Waals surface area contributed by atoms with Gasteiger partial charge in [-0.1, -0.05) is 12.1 Å². The molecule has 0 radical (unpaired) electrons. The van der Waals surface area contributed by atoms with Gasteiger partial charge in [0.2, 0.25) is 0 Å². The van der Waals surface area contributed by atoms with Crippen LogP contribution in [-0.2, 0) is 0 Å². The molecule has 0 bridgehead atoms. The zero-order valence-electron chi connectivity index (χ0n) is 14.4. The maximum Gasteiger partial charge on any atom is 0.257 e. The van der Waals surface area contributed by atoms with Gasteiger partial charge in [-0.25, -0.2) is 0 Å². The Kier molecular flexibility index (Phi) is 8.60. The highest BCUT2D eigenvalue weighted by atomic mass is 35.5. The number of nitrogens with one attached hydrogen (secondary N) is 3. The predicted octanol–water partition coefficient (Wildman–Crippen LogP) is -2.40. The van der Waals surface area contributed by atoms with Crippen LogP contribution in [0.5, 0.6) is 0 Å². The number of carbonyl (C=O) groups is 2. The third-order valence-corrected chi connectivity index (χ3v) is 3.48. The Balaban J connectivity index is 0.00000312. The maximum atomic E-state index is 12.3. The molecule has 2 amide bonds. The van der Waals surface area contributed by atoms with Crippen molar-refractivity contribution in [1.82, 2.24) is 10.3 Å². The lowest BCUT2D eigenvalue weighted by atomic mass is 10.1. The largest absolute Gasteiger partial charge is 1.00 e. The van der Waals surface area contributed by atoms with Crippen LogP contribution in [0, 0.1) is 0 Å². The molecular formula is C18H23ClN4O2. The molecule has 0 saturated heterocycles. The number of aromatic nitrogens is 1. The fraction of sp³-hybridized carbons (Fsp3) is 0.278. The normalized spacial score (nSPS) is 10.0. The van der Waals surface area contributed by atoms with Crippen molar-refractivity contribution < 1.29 is 26.9 Å². The Labute approximate surface area is 154 Å². The number of halogens is 1. The van der Waals surface area contributed by atoms with Crippen molar-refractivity contribution >= 4 is 17.5 Å². The quantitative estimate of drug-likeness (QED) is 0.481. The minimum atomic E-state index is -0.292. The lowest BCUT2D eigenvalue weighted by Gasteiger charge is -2.12. The van der Waals surface area contributed by atoms with Crippen molar-refractivity contribution in [1.29, 1.82) is 0 Å². The number of benzene rings is 1. The highest BCUT2D eigenvalue weighted by Gasteiger charge is 2.13. The van der Waals surface area contributed by atoms with Gasteiger partial charge in [0.25, 0.3) is 11.8 Å². The van der Waals surface area contributed by atoms with Gasteiger partial charge >= 0.3 is 0 Å². The summed E-state index contributed by atoms with van der Waals surface area (Å²) in [5.74, 6) is -0.481. The zero-order valence-corrected chi connectivity index (χ0v) is 15.1. The van der Waals surface area contributed by atoms with Crippen LogP contribution in [0.15, 0.2) is 48.8 Å². The number of amides is 2. The summed E-state index contributed by atoms with van der Waals surface area (Å²) in [7, 11) is 4.15. The summed E-state index contributed by atoms with van der Waals surface area (Å²) in [5, 5.41) is 5.66. The van der Waals surface area contributed by atoms with E-state index in [-0.39, 0.29) is 24.2 Å². The minimum absolute atomic E-state index is 0. The van der Waals surface area contributed by atoms with Crippen molar-refractivity contribution in [3.05, 3.63) is 59.9 Å². The highest BCUT2D eigenvalue weighted by Crippen LogP contribution is 2.16. The van der Waals surface area contributed by atoms with Crippen LogP contribution in [0.3, 0.4) is 0 Å². The van der Waals surface area contributed by atoms with Crippen LogP contribution in [-0.4, -0.2) is 44.0 Å². The number of carbonyl (C=O) groups excluding carboxylic acids is 2. The van der Waals surface area contributed by atoms with Crippen molar-refractivity contribution in [2.45, 2.75) is 6.42 Å². The Bertz CT molecular complexity index is 692. The minimum Gasteiger partial charge on any atom is -1.00 e. The van der Waals surface area contributed by atoms with E-state index in [2.05, 4.69) is 29.7 Å². The molecule has 0 fully saturated rings. The molecule has 1 aromatic heterocycles. The number of quaternary nitrogens is 1. The standard InChI is InChI=1S/C18H22N4O2.ClH/c1-22(2)12-6-11-20-18(24)15-8-3-4-9-16(15)21-17(23)14-7-5-10-19-13-14;/h3-5,7-10,13H,6,11-12H2,1-2H3,(H,20,24)(H,21,23);1H. The monoisotopic (exact) mass is 362 g/mol. The number of hydrogen-bond donors (Lipinski definition) is 3. The van der Waals surface area contributed by atoms with Crippen LogP contribution in [0.25, 0.3) is 0 Å². The first-order valence-electron chi connectivity index (χ1n) is 7.95. The predicted molar refractivity (Wildman–Crippen MR) is 93.3 cm³/mol. The first kappa shape index (κ1) is 20.6. The first-order chi connectivity index (χ1) is 11.6. The summed E-state index contributed by atoms with van der Waals surface area (Å²) in [6.45, 7) is 1.59. The number of anilines is 1. The SMILES string of the molecule is C[NH+](C)CCCNC(=O)c1ccccc1NC(=O)c1cccnc1.[Cl-]. The number of pyridine rings is 1. The van der Waals surface area contributed by atoms with Crippen molar-refractivity contribution in [2.75, 3.05) is 32.5 Å². The summed E-state index contributed by atoms with van der Waals surface area (Å²) < 4.78 is 0. The third-order valence-electron chi connectivity index (χ3n) is 3.48. The van der Waals surface area contributed by atoms with Crippen LogP contribution in [0.1, 0.15) is 27.1 Å². The molecule has 7 heteroatoms. The molecule has 1 heterocycles. The molecule has 0 aliphatic rings. The number of para-hydroxylation sites is 1. The molecule has 25 heavy (non-hydrogen) atoms. The van der Waals surface area contributed by atoms with E-state index in [1.165, 1.54) is 11.1 Å². The molecule has 0 unspecified atom stereocenters. The number of rotatable bonds is 7. The Morgan fingerprint density at radius 1 is 1.08 bits per heavy atom. The Morgan fingerprint density at radius 2 is 1.84 bits per heavy atom. The first-order valence-corrected chi connectivity index (χ1v) is 7.95. The molecule has 0 saturated carbocycles. The molecule has 134 valence electrons. The molecule has 6 nitrogen and oxygen atoms in total. The second kappa shape index (κ2) is 10.4. The second-order valence-electron chi connectivity index (χ2n) is 5.81. The Hall–Kier alpha value is -2.44. The molecule has 0 spiro atoms. The summed E-state index contributed by atoms with van der Waals surface area (Å²) in [4.78, 5) is 29.9. The summed E-state index contributed by atoms with van der Waals surface area (Å²) in [6.07, 6.45) is 3.99. The van der Waals surface area contributed by atoms with Crippen molar-refractivity contribution in [3.8, 4) is 0 Å². The van der Waals surface area contributed by atoms with Crippen molar-refractivity contribution in [3.63, 3.8) is 0 Å². The number of nitrogens with zero attached hydrogens (tertiary/aromatic N) is 1. The van der Waals surface area contributed by atoms with E-state index < -0.39 is 0 Å². The second-order valence-corrected chi connectivity index (χ2v) is 5.81. The lowest BCUT2D eigenvalue weighted by Crippen LogP contribution is -3.05. The topological polar surface area (TPSA) is 75.5 Å². The molecule has 3 N–H and O–H groups in total. The van der Waals surface area contributed by atoms with E-state index >= 15 is 0 Å². The van der Waals surface area contributed by atoms with Gasteiger partial charge in [-0.2, -0.15) is 0 Å². The van der Waals surface area contributed by atoms with E-state index in [0.29, 0.717) is 23.4 Å². The van der Waals surface area contributed by atoms with E-state index in [9.17, 15) is 9.59 Å². The van der Waals surface area contributed by atoms with Gasteiger partial charge < -0.3 is 27.9 Å². The van der Waals surface area contributed by atoms with Crippen LogP contribution in [0.2, 0.25) is 0 Å². The van der Waals surface area contributed by atoms with Crippen LogP contribution in [0.4, 0.5) is 5.69 Å². The summed E-state index contributed by atoms with van der Waals surface area (Å²) >= 11 is 0. The van der Waals surface area contributed by atoms with Gasteiger partial charge in [0.05, 0.1) is 37.5 Å². The molecule has 0 atom stereocenters. The van der Waals surface area contributed by atoms with Gasteiger partial charge in [-0.3, -0.25) is 14.6 Å². The molecular weight excluding hydrogens is 340 g/mol. The molecule has 2 aromatic rings. The van der Waals surface area contributed by atoms with E-state index in [1.54, 1.807) is 42.6 Å². The van der Waals surface area contributed by atoms with Gasteiger partial charge in [0.1, 0.15) is 0 Å². The van der Waals surface area contributed by atoms with Crippen LogP contribution >= 0.6 is 0 Å². The average molecular weight is 363 g/mol. The van der Waals surface area contributed by atoms with Gasteiger partial charge in [0, 0.05) is 25.4 Å². The summed E-state index contributed by atoms with van der Waals surface area (Å²) in [6, 6.07) is 10.3. The van der Waals surface area contributed by atoms with E-state index in [0.717, 1.165) is 13.0 Å². The van der Waals surface area contributed by atoms with E-state index in [1.807, 2.05) is 0 Å². The lowest BCUT2D eigenvalue weighted by molar-refractivity contribution is -0.858.